The van der Waals surface area contributed by atoms with E-state index < -0.39 is 0 Å². The van der Waals surface area contributed by atoms with E-state index in [9.17, 15) is 0 Å². The average molecular weight is 335 g/mol. The summed E-state index contributed by atoms with van der Waals surface area (Å²) in [4.78, 5) is 0. The van der Waals surface area contributed by atoms with Crippen LogP contribution in [0.1, 0.15) is 87.5 Å². The van der Waals surface area contributed by atoms with E-state index in [1.807, 2.05) is 0 Å². The van der Waals surface area contributed by atoms with Crippen molar-refractivity contribution < 1.29 is 0 Å². The van der Waals surface area contributed by atoms with Gasteiger partial charge in [-0.05, 0) is 65.5 Å². The van der Waals surface area contributed by atoms with E-state index in [4.69, 9.17) is 0 Å². The van der Waals surface area contributed by atoms with Crippen LogP contribution < -0.4 is 0 Å². The predicted molar refractivity (Wildman–Crippen MR) is 110 cm³/mol. The topological polar surface area (TPSA) is 0 Å². The van der Waals surface area contributed by atoms with Gasteiger partial charge in [-0.3, -0.25) is 0 Å². The molecule has 0 aliphatic heterocycles. The third kappa shape index (κ3) is 4.54. The van der Waals surface area contributed by atoms with Gasteiger partial charge in [-0.15, -0.1) is 0 Å². The quantitative estimate of drug-likeness (QED) is 0.337. The van der Waals surface area contributed by atoms with Crippen molar-refractivity contribution in [3.63, 3.8) is 0 Å². The summed E-state index contributed by atoms with van der Waals surface area (Å²) in [7, 11) is 0. The Morgan fingerprint density at radius 1 is 0.640 bits per heavy atom. The van der Waals surface area contributed by atoms with E-state index in [1.165, 1.54) is 80.9 Å². The molecule has 0 saturated heterocycles. The Morgan fingerprint density at radius 2 is 1.28 bits per heavy atom. The van der Waals surface area contributed by atoms with Gasteiger partial charge in [0.25, 0.3) is 0 Å². The van der Waals surface area contributed by atoms with Crippen molar-refractivity contribution in [1.29, 1.82) is 0 Å². The Hall–Kier alpha value is -1.56. The first-order valence-electron chi connectivity index (χ1n) is 10.6. The minimum atomic E-state index is 1.13. The van der Waals surface area contributed by atoms with Crippen LogP contribution in [0.2, 0.25) is 0 Å². The van der Waals surface area contributed by atoms with Gasteiger partial charge in [0.2, 0.25) is 0 Å². The SMILES string of the molecule is CCCCCCc1cc2c(cc1CCCCCC)-c1ccccc1C2. The van der Waals surface area contributed by atoms with Gasteiger partial charge in [0.1, 0.15) is 0 Å². The number of unbranched alkanes of at least 4 members (excludes halogenated alkanes) is 6. The van der Waals surface area contributed by atoms with Crippen molar-refractivity contribution in [2.24, 2.45) is 0 Å². The largest absolute Gasteiger partial charge is 0.0654 e. The summed E-state index contributed by atoms with van der Waals surface area (Å²) in [6.07, 6.45) is 14.5. The summed E-state index contributed by atoms with van der Waals surface area (Å²) in [6, 6.07) is 14.1. The maximum atomic E-state index is 2.55. The number of hydrogen-bond acceptors (Lipinski definition) is 0. The van der Waals surface area contributed by atoms with Crippen LogP contribution >= 0.6 is 0 Å². The van der Waals surface area contributed by atoms with E-state index in [1.54, 1.807) is 16.7 Å². The molecule has 2 aromatic rings. The lowest BCUT2D eigenvalue weighted by molar-refractivity contribution is 0.650. The first kappa shape index (κ1) is 18.2. The normalized spacial score (nSPS) is 12.2. The van der Waals surface area contributed by atoms with E-state index in [0.717, 1.165) is 6.42 Å². The number of hydrogen-bond donors (Lipinski definition) is 0. The van der Waals surface area contributed by atoms with Crippen LogP contribution in [-0.2, 0) is 19.3 Å². The van der Waals surface area contributed by atoms with Crippen LogP contribution in [0.4, 0.5) is 0 Å². The highest BCUT2D eigenvalue weighted by atomic mass is 14.2. The van der Waals surface area contributed by atoms with E-state index >= 15 is 0 Å². The maximum absolute atomic E-state index is 2.55. The lowest BCUT2D eigenvalue weighted by Crippen LogP contribution is -1.98. The Morgan fingerprint density at radius 3 is 1.96 bits per heavy atom. The molecule has 134 valence electrons. The van der Waals surface area contributed by atoms with Crippen molar-refractivity contribution in [1.82, 2.24) is 0 Å². The zero-order chi connectivity index (χ0) is 17.5. The van der Waals surface area contributed by atoms with Crippen molar-refractivity contribution in [3.8, 4) is 11.1 Å². The highest BCUT2D eigenvalue weighted by Crippen LogP contribution is 2.38. The molecule has 0 N–H and O–H groups in total. The second-order valence-corrected chi connectivity index (χ2v) is 7.73. The second kappa shape index (κ2) is 9.22. The first-order chi connectivity index (χ1) is 12.3. The smallest absolute Gasteiger partial charge is 0.00134 e. The van der Waals surface area contributed by atoms with Crippen LogP contribution in [-0.4, -0.2) is 0 Å². The van der Waals surface area contributed by atoms with Gasteiger partial charge in [0, 0.05) is 0 Å². The molecule has 3 rings (SSSR count). The number of aryl methyl sites for hydroxylation is 2. The Bertz CT molecular complexity index is 680. The zero-order valence-electron chi connectivity index (χ0n) is 16.2. The average Bonchev–Trinajstić information content (AvgIpc) is 2.99. The van der Waals surface area contributed by atoms with Crippen LogP contribution in [0, 0.1) is 0 Å². The lowest BCUT2D eigenvalue weighted by Gasteiger charge is -2.13. The van der Waals surface area contributed by atoms with E-state index in [2.05, 4.69) is 50.2 Å². The van der Waals surface area contributed by atoms with E-state index in [0.29, 0.717) is 0 Å². The molecule has 0 bridgehead atoms. The molecular formula is C25H34. The molecule has 0 atom stereocenters. The third-order valence-corrected chi connectivity index (χ3v) is 5.71. The minimum absolute atomic E-state index is 1.13. The summed E-state index contributed by atoms with van der Waals surface area (Å²) < 4.78 is 0. The standard InChI is InChI=1S/C25H34/c1-3-5-7-9-13-20-17-23-18-22-15-11-12-16-24(22)25(23)19-21(20)14-10-8-6-4-2/h11-12,15-17,19H,3-10,13-14,18H2,1-2H3. The highest BCUT2D eigenvalue weighted by molar-refractivity contribution is 5.77. The lowest BCUT2D eigenvalue weighted by atomic mass is 9.92. The summed E-state index contributed by atoms with van der Waals surface area (Å²) in [5.74, 6) is 0. The fourth-order valence-corrected chi connectivity index (χ4v) is 4.23. The summed E-state index contributed by atoms with van der Waals surface area (Å²) >= 11 is 0. The second-order valence-electron chi connectivity index (χ2n) is 7.73. The fraction of sp³-hybridized carbons (Fsp3) is 0.520. The van der Waals surface area contributed by atoms with Crippen molar-refractivity contribution in [3.05, 3.63) is 58.7 Å². The molecule has 0 heterocycles. The highest BCUT2D eigenvalue weighted by Gasteiger charge is 2.19. The predicted octanol–water partition coefficient (Wildman–Crippen LogP) is 7.50. The molecule has 0 unspecified atom stereocenters. The molecule has 25 heavy (non-hydrogen) atoms. The van der Waals surface area contributed by atoms with Crippen molar-refractivity contribution in [2.75, 3.05) is 0 Å². The van der Waals surface area contributed by atoms with Gasteiger partial charge in [-0.1, -0.05) is 88.8 Å². The van der Waals surface area contributed by atoms with E-state index in [-0.39, 0.29) is 0 Å². The van der Waals surface area contributed by atoms with Crippen LogP contribution in [0.15, 0.2) is 36.4 Å². The van der Waals surface area contributed by atoms with Crippen molar-refractivity contribution in [2.45, 2.75) is 84.5 Å². The summed E-state index contributed by atoms with van der Waals surface area (Å²) in [5, 5.41) is 0. The molecule has 0 aromatic heterocycles. The Balaban J connectivity index is 1.79. The fourth-order valence-electron chi connectivity index (χ4n) is 4.23. The number of fused-ring (bicyclic) bond motifs is 3. The van der Waals surface area contributed by atoms with Gasteiger partial charge in [-0.25, -0.2) is 0 Å². The molecule has 0 heteroatoms. The molecule has 0 spiro atoms. The van der Waals surface area contributed by atoms with Gasteiger partial charge in [-0.2, -0.15) is 0 Å². The molecule has 0 saturated carbocycles. The summed E-state index contributed by atoms with van der Waals surface area (Å²) in [5.41, 5.74) is 9.33. The Kier molecular flexibility index (Phi) is 6.73. The Labute approximate surface area is 154 Å². The summed E-state index contributed by atoms with van der Waals surface area (Å²) in [6.45, 7) is 4.59. The van der Waals surface area contributed by atoms with Gasteiger partial charge in [0.05, 0.1) is 0 Å². The molecule has 2 aromatic carbocycles. The molecular weight excluding hydrogens is 300 g/mol. The van der Waals surface area contributed by atoms with Gasteiger partial charge >= 0.3 is 0 Å². The molecule has 0 amide bonds. The molecule has 1 aliphatic carbocycles. The number of rotatable bonds is 10. The molecule has 0 fully saturated rings. The van der Waals surface area contributed by atoms with Gasteiger partial charge < -0.3 is 0 Å². The number of benzene rings is 2. The molecule has 0 radical (unpaired) electrons. The van der Waals surface area contributed by atoms with Gasteiger partial charge in [0.15, 0.2) is 0 Å². The monoisotopic (exact) mass is 334 g/mol. The zero-order valence-corrected chi connectivity index (χ0v) is 16.2. The maximum Gasteiger partial charge on any atom is -0.00134 e. The molecule has 0 nitrogen and oxygen atoms in total. The van der Waals surface area contributed by atoms with Crippen LogP contribution in [0.3, 0.4) is 0 Å². The van der Waals surface area contributed by atoms with Crippen LogP contribution in [0.25, 0.3) is 11.1 Å². The third-order valence-electron chi connectivity index (χ3n) is 5.71. The minimum Gasteiger partial charge on any atom is -0.0654 e. The molecule has 1 aliphatic rings. The van der Waals surface area contributed by atoms with Crippen molar-refractivity contribution >= 4 is 0 Å². The van der Waals surface area contributed by atoms with Crippen LogP contribution in [0.5, 0.6) is 0 Å². The first-order valence-corrected chi connectivity index (χ1v) is 10.6.